The van der Waals surface area contributed by atoms with Gasteiger partial charge in [-0.25, -0.2) is 9.97 Å². The lowest BCUT2D eigenvalue weighted by atomic mass is 10.0. The maximum absolute atomic E-state index is 12.8. The van der Waals surface area contributed by atoms with Crippen LogP contribution in [0.2, 0.25) is 0 Å². The molecule has 0 unspecified atom stereocenters. The zero-order valence-corrected chi connectivity index (χ0v) is 27.6. The summed E-state index contributed by atoms with van der Waals surface area (Å²) in [7, 11) is 2.21. The Hall–Kier alpha value is -4.48. The molecule has 1 atom stereocenters. The Morgan fingerprint density at radius 3 is 2.26 bits per heavy atom. The molecule has 0 aliphatic carbocycles. The number of carbonyl (C=O) groups is 2. The number of nitrogens with zero attached hydrogens (tertiary/aromatic N) is 7. The van der Waals surface area contributed by atoms with E-state index < -0.39 is 5.91 Å². The van der Waals surface area contributed by atoms with Gasteiger partial charge in [-0.05, 0) is 62.2 Å². The first kappa shape index (κ1) is 32.5. The van der Waals surface area contributed by atoms with E-state index in [0.29, 0.717) is 49.4 Å². The van der Waals surface area contributed by atoms with E-state index in [1.54, 1.807) is 0 Å². The van der Waals surface area contributed by atoms with E-state index in [4.69, 9.17) is 15.7 Å². The number of nitrogens with two attached hydrogens (primary N) is 1. The van der Waals surface area contributed by atoms with Gasteiger partial charge < -0.3 is 30.7 Å². The van der Waals surface area contributed by atoms with Gasteiger partial charge in [-0.15, -0.1) is 0 Å². The summed E-state index contributed by atoms with van der Waals surface area (Å²) in [6.45, 7) is 14.0. The SMILES string of the molecule is C=CC(=O)N1CCN(c2nc(Nc3ccc(N4CCC(N5CCN(C)CC5)CC4)cc3)c(C(N)=O)nc2CC)C[C@H]1c1ccccc1. The topological polar surface area (TPSA) is 114 Å². The highest BCUT2D eigenvalue weighted by Crippen LogP contribution is 2.32. The number of nitrogens with one attached hydrogen (secondary N) is 1. The average molecular weight is 638 g/mol. The Bertz CT molecular complexity index is 1550. The van der Waals surface area contributed by atoms with Crippen molar-refractivity contribution in [2.45, 2.75) is 38.3 Å². The van der Waals surface area contributed by atoms with Crippen LogP contribution in [0.15, 0.2) is 67.3 Å². The van der Waals surface area contributed by atoms with Crippen LogP contribution in [0.5, 0.6) is 0 Å². The number of carbonyl (C=O) groups excluding carboxylic acids is 2. The summed E-state index contributed by atoms with van der Waals surface area (Å²) in [5.74, 6) is 0.275. The lowest BCUT2D eigenvalue weighted by molar-refractivity contribution is -0.128. The molecule has 248 valence electrons. The summed E-state index contributed by atoms with van der Waals surface area (Å²) in [6.07, 6.45) is 4.29. The van der Waals surface area contributed by atoms with Crippen LogP contribution in [0.3, 0.4) is 0 Å². The van der Waals surface area contributed by atoms with Crippen molar-refractivity contribution in [2.75, 3.05) is 81.1 Å². The monoisotopic (exact) mass is 637 g/mol. The minimum Gasteiger partial charge on any atom is -0.371 e. The number of benzene rings is 2. The van der Waals surface area contributed by atoms with Crippen LogP contribution in [0, 0.1) is 0 Å². The molecule has 11 nitrogen and oxygen atoms in total. The molecule has 0 bridgehead atoms. The fourth-order valence-electron chi connectivity index (χ4n) is 7.10. The molecular weight excluding hydrogens is 590 g/mol. The molecule has 3 fully saturated rings. The number of aromatic nitrogens is 2. The largest absolute Gasteiger partial charge is 0.371 e. The van der Waals surface area contributed by atoms with E-state index in [0.717, 1.165) is 50.5 Å². The van der Waals surface area contributed by atoms with Crippen LogP contribution >= 0.6 is 0 Å². The lowest BCUT2D eigenvalue weighted by Gasteiger charge is -2.42. The Balaban J connectivity index is 1.19. The van der Waals surface area contributed by atoms with Crippen LogP contribution in [0.25, 0.3) is 0 Å². The number of aryl methyl sites for hydroxylation is 1. The van der Waals surface area contributed by atoms with Crippen molar-refractivity contribution in [3.8, 4) is 0 Å². The second kappa shape index (κ2) is 14.5. The van der Waals surface area contributed by atoms with Crippen LogP contribution in [0.1, 0.15) is 47.6 Å². The number of piperazine rings is 2. The van der Waals surface area contributed by atoms with Gasteiger partial charge in [0.1, 0.15) is 0 Å². The van der Waals surface area contributed by atoms with Gasteiger partial charge in [0.15, 0.2) is 17.3 Å². The molecule has 3 aliphatic rings. The van der Waals surface area contributed by atoms with E-state index in [2.05, 4.69) is 50.7 Å². The van der Waals surface area contributed by atoms with E-state index >= 15 is 0 Å². The van der Waals surface area contributed by atoms with Crippen molar-refractivity contribution in [3.63, 3.8) is 0 Å². The van der Waals surface area contributed by atoms with Gasteiger partial charge in [0.05, 0.1) is 11.7 Å². The standard InChI is InChI=1S/C36H47N9O2/c1-4-30-36(44-23-24-45(32(46)5-2)31(25-44)26-9-7-6-8-10-26)40-35(33(39-30)34(37)47)38-27-11-13-28(14-12-27)42-17-15-29(16-18-42)43-21-19-41(3)20-22-43/h5-14,29,31H,2,4,15-25H2,1,3H3,(H2,37,47)(H,38,40)/t31-/m0/s1. The van der Waals surface area contributed by atoms with E-state index in [-0.39, 0.29) is 17.6 Å². The Morgan fingerprint density at radius 2 is 1.62 bits per heavy atom. The third kappa shape index (κ3) is 7.26. The molecule has 3 saturated heterocycles. The second-order valence-electron chi connectivity index (χ2n) is 12.7. The smallest absolute Gasteiger partial charge is 0.271 e. The van der Waals surface area contributed by atoms with Crippen LogP contribution in [0.4, 0.5) is 23.0 Å². The van der Waals surface area contributed by atoms with Crippen LogP contribution < -0.4 is 20.9 Å². The third-order valence-electron chi connectivity index (χ3n) is 9.85. The predicted octanol–water partition coefficient (Wildman–Crippen LogP) is 3.67. The number of likely N-dealkylation sites (N-methyl/N-ethyl adjacent to an activating group) is 1. The van der Waals surface area contributed by atoms with Crippen molar-refractivity contribution in [2.24, 2.45) is 5.73 Å². The first-order valence-electron chi connectivity index (χ1n) is 16.8. The molecule has 6 rings (SSSR count). The molecule has 3 aliphatic heterocycles. The fraction of sp³-hybridized carbons (Fsp3) is 0.444. The van der Waals surface area contributed by atoms with Crippen molar-refractivity contribution in [3.05, 3.63) is 84.2 Å². The lowest BCUT2D eigenvalue weighted by Crippen LogP contribution is -2.52. The van der Waals surface area contributed by atoms with Gasteiger partial charge in [-0.3, -0.25) is 14.5 Å². The number of anilines is 4. The van der Waals surface area contributed by atoms with E-state index in [1.165, 1.54) is 24.6 Å². The Kier molecular flexibility index (Phi) is 10.0. The number of amides is 2. The van der Waals surface area contributed by atoms with Gasteiger partial charge in [-0.2, -0.15) is 0 Å². The molecule has 4 heterocycles. The molecular formula is C36H47N9O2. The van der Waals surface area contributed by atoms with Crippen molar-refractivity contribution < 1.29 is 9.59 Å². The summed E-state index contributed by atoms with van der Waals surface area (Å²) < 4.78 is 0. The highest BCUT2D eigenvalue weighted by atomic mass is 16.2. The van der Waals surface area contributed by atoms with Crippen molar-refractivity contribution >= 4 is 34.8 Å². The molecule has 2 amide bonds. The quantitative estimate of drug-likeness (QED) is 0.339. The van der Waals surface area contributed by atoms with E-state index in [1.807, 2.05) is 54.3 Å². The molecule has 47 heavy (non-hydrogen) atoms. The summed E-state index contributed by atoms with van der Waals surface area (Å²) in [4.78, 5) is 46.6. The highest BCUT2D eigenvalue weighted by molar-refractivity contribution is 5.96. The van der Waals surface area contributed by atoms with Gasteiger partial charge in [0.25, 0.3) is 5.91 Å². The fourth-order valence-corrected chi connectivity index (χ4v) is 7.10. The molecule has 0 radical (unpaired) electrons. The molecule has 0 spiro atoms. The molecule has 3 aromatic rings. The number of piperidine rings is 1. The van der Waals surface area contributed by atoms with Crippen LogP contribution in [-0.2, 0) is 11.2 Å². The number of rotatable bonds is 9. The van der Waals surface area contributed by atoms with Gasteiger partial charge in [0, 0.05) is 76.3 Å². The zero-order valence-electron chi connectivity index (χ0n) is 27.6. The predicted molar refractivity (Wildman–Crippen MR) is 187 cm³/mol. The third-order valence-corrected chi connectivity index (χ3v) is 9.85. The summed E-state index contributed by atoms with van der Waals surface area (Å²) in [5.41, 5.74) is 9.65. The van der Waals surface area contributed by atoms with Crippen LogP contribution in [-0.4, -0.2) is 108 Å². The number of hydrogen-bond donors (Lipinski definition) is 2. The first-order valence-corrected chi connectivity index (χ1v) is 16.8. The van der Waals surface area contributed by atoms with Crippen molar-refractivity contribution in [1.82, 2.24) is 24.7 Å². The Labute approximate surface area is 278 Å². The first-order chi connectivity index (χ1) is 22.8. The summed E-state index contributed by atoms with van der Waals surface area (Å²) >= 11 is 0. The molecule has 11 heteroatoms. The molecule has 2 aromatic carbocycles. The van der Waals surface area contributed by atoms with E-state index in [9.17, 15) is 9.59 Å². The summed E-state index contributed by atoms with van der Waals surface area (Å²) in [6, 6.07) is 18.8. The van der Waals surface area contributed by atoms with Gasteiger partial charge >= 0.3 is 0 Å². The highest BCUT2D eigenvalue weighted by Gasteiger charge is 2.33. The molecule has 0 saturated carbocycles. The zero-order chi connectivity index (χ0) is 32.9. The van der Waals surface area contributed by atoms with Gasteiger partial charge in [-0.1, -0.05) is 43.8 Å². The number of hydrogen-bond acceptors (Lipinski definition) is 9. The van der Waals surface area contributed by atoms with Crippen molar-refractivity contribution in [1.29, 1.82) is 0 Å². The maximum Gasteiger partial charge on any atom is 0.271 e. The Morgan fingerprint density at radius 1 is 0.915 bits per heavy atom. The molecule has 3 N–H and O–H groups in total. The minimum absolute atomic E-state index is 0.102. The maximum atomic E-state index is 12.8. The normalized spacial score (nSPS) is 19.9. The second-order valence-corrected chi connectivity index (χ2v) is 12.7. The molecule has 1 aromatic heterocycles. The summed E-state index contributed by atoms with van der Waals surface area (Å²) in [5, 5.41) is 3.34. The number of primary amides is 1. The average Bonchev–Trinajstić information content (AvgIpc) is 3.12. The van der Waals surface area contributed by atoms with Gasteiger partial charge in [0.2, 0.25) is 5.91 Å². The minimum atomic E-state index is -0.635.